The van der Waals surface area contributed by atoms with E-state index in [2.05, 4.69) is 0 Å². The summed E-state index contributed by atoms with van der Waals surface area (Å²) in [6, 6.07) is 1.93. The monoisotopic (exact) mass is 320 g/mol. The largest absolute Gasteiger partial charge is 0.478 e. The quantitative estimate of drug-likeness (QED) is 0.736. The van der Waals surface area contributed by atoms with Gasteiger partial charge in [-0.1, -0.05) is 27.7 Å². The van der Waals surface area contributed by atoms with Crippen molar-refractivity contribution in [1.29, 1.82) is 0 Å². The van der Waals surface area contributed by atoms with Crippen LogP contribution in [0.4, 0.5) is 13.2 Å². The first-order valence-corrected chi connectivity index (χ1v) is 7.61. The first kappa shape index (κ1) is 17.9. The van der Waals surface area contributed by atoms with Gasteiger partial charge in [0.05, 0.1) is 11.1 Å². The molecule has 1 aromatic carbocycles. The fraction of sp³-hybridized carbons (Fsp3) is 0.533. The first-order valence-electron chi connectivity index (χ1n) is 6.73. The van der Waals surface area contributed by atoms with Crippen LogP contribution in [-0.2, 0) is 6.18 Å². The van der Waals surface area contributed by atoms with Crippen molar-refractivity contribution in [3.8, 4) is 0 Å². The standard InChI is InChI=1S/C15H19F3O2S/c1-5-9(4)21-13-11(15(16,17)18)7-6-10(14(19)20)12(13)8(2)3/h6-9H,5H2,1-4H3,(H,19,20)/t9-/m0/s1. The molecule has 1 N–H and O–H groups in total. The fourth-order valence-corrected chi connectivity index (χ4v) is 3.35. The molecule has 21 heavy (non-hydrogen) atoms. The molecule has 1 atom stereocenters. The van der Waals surface area contributed by atoms with Crippen molar-refractivity contribution in [2.45, 2.75) is 56.4 Å². The topological polar surface area (TPSA) is 37.3 Å². The van der Waals surface area contributed by atoms with E-state index in [0.717, 1.165) is 23.9 Å². The Kier molecular flexibility index (Phi) is 5.73. The molecular formula is C15H19F3O2S. The fourth-order valence-electron chi connectivity index (χ4n) is 1.99. The molecule has 0 aromatic heterocycles. The molecule has 1 aromatic rings. The molecule has 6 heteroatoms. The van der Waals surface area contributed by atoms with E-state index in [4.69, 9.17) is 0 Å². The molecule has 0 amide bonds. The van der Waals surface area contributed by atoms with Crippen LogP contribution in [0.25, 0.3) is 0 Å². The van der Waals surface area contributed by atoms with Crippen molar-refractivity contribution >= 4 is 17.7 Å². The van der Waals surface area contributed by atoms with Gasteiger partial charge in [0.1, 0.15) is 0 Å². The Labute approximate surface area is 126 Å². The van der Waals surface area contributed by atoms with Crippen molar-refractivity contribution in [1.82, 2.24) is 0 Å². The smallest absolute Gasteiger partial charge is 0.417 e. The lowest BCUT2D eigenvalue weighted by Crippen LogP contribution is -2.14. The summed E-state index contributed by atoms with van der Waals surface area (Å²) in [5, 5.41) is 9.21. The predicted octanol–water partition coefficient (Wildman–Crippen LogP) is 5.42. The second-order valence-electron chi connectivity index (χ2n) is 5.20. The lowest BCUT2D eigenvalue weighted by Gasteiger charge is -2.22. The summed E-state index contributed by atoms with van der Waals surface area (Å²) < 4.78 is 39.7. The molecule has 0 saturated heterocycles. The number of carbonyl (C=O) groups is 1. The average Bonchev–Trinajstić information content (AvgIpc) is 2.35. The van der Waals surface area contributed by atoms with Crippen LogP contribution in [0.5, 0.6) is 0 Å². The zero-order chi connectivity index (χ0) is 16.4. The van der Waals surface area contributed by atoms with Crippen molar-refractivity contribution in [2.75, 3.05) is 0 Å². The van der Waals surface area contributed by atoms with Crippen LogP contribution in [0.2, 0.25) is 0 Å². The Hall–Kier alpha value is -1.17. The van der Waals surface area contributed by atoms with Crippen molar-refractivity contribution in [3.05, 3.63) is 28.8 Å². The summed E-state index contributed by atoms with van der Waals surface area (Å²) in [5.74, 6) is -1.50. The second kappa shape index (κ2) is 6.73. The van der Waals surface area contributed by atoms with E-state index in [9.17, 15) is 23.1 Å². The first-order chi connectivity index (χ1) is 9.59. The number of hydrogen-bond donors (Lipinski definition) is 1. The van der Waals surface area contributed by atoms with E-state index in [1.54, 1.807) is 13.8 Å². The number of halogens is 3. The number of alkyl halides is 3. The number of carboxylic acids is 1. The summed E-state index contributed by atoms with van der Waals surface area (Å²) in [4.78, 5) is 11.4. The molecule has 0 aliphatic rings. The minimum atomic E-state index is -4.49. The lowest BCUT2D eigenvalue weighted by molar-refractivity contribution is -0.139. The average molecular weight is 320 g/mol. The third-order valence-electron chi connectivity index (χ3n) is 3.20. The van der Waals surface area contributed by atoms with Gasteiger partial charge in [-0.2, -0.15) is 13.2 Å². The third kappa shape index (κ3) is 4.15. The zero-order valence-electron chi connectivity index (χ0n) is 12.4. The van der Waals surface area contributed by atoms with Gasteiger partial charge in [-0.05, 0) is 30.0 Å². The minimum Gasteiger partial charge on any atom is -0.478 e. The maximum atomic E-state index is 13.2. The molecule has 0 radical (unpaired) electrons. The molecule has 1 rings (SSSR count). The van der Waals surface area contributed by atoms with Gasteiger partial charge in [0.2, 0.25) is 0 Å². The normalized spacial score (nSPS) is 13.5. The molecule has 0 heterocycles. The minimum absolute atomic E-state index is 0.0207. The van der Waals surface area contributed by atoms with E-state index in [1.165, 1.54) is 0 Å². The number of thioether (sulfide) groups is 1. The van der Waals surface area contributed by atoms with Gasteiger partial charge in [-0.3, -0.25) is 0 Å². The van der Waals surface area contributed by atoms with Crippen LogP contribution in [0.3, 0.4) is 0 Å². The van der Waals surface area contributed by atoms with E-state index in [1.807, 2.05) is 13.8 Å². The van der Waals surface area contributed by atoms with Crippen LogP contribution in [0.1, 0.15) is 61.5 Å². The number of rotatable bonds is 5. The van der Waals surface area contributed by atoms with Crippen molar-refractivity contribution < 1.29 is 23.1 Å². The molecule has 0 fully saturated rings. The van der Waals surface area contributed by atoms with Gasteiger partial charge < -0.3 is 5.11 Å². The van der Waals surface area contributed by atoms with E-state index >= 15 is 0 Å². The maximum Gasteiger partial charge on any atom is 0.417 e. The highest BCUT2D eigenvalue weighted by molar-refractivity contribution is 8.00. The third-order valence-corrected chi connectivity index (χ3v) is 4.61. The van der Waals surface area contributed by atoms with Crippen LogP contribution in [0.15, 0.2) is 17.0 Å². The molecular weight excluding hydrogens is 301 g/mol. The highest BCUT2D eigenvalue weighted by atomic mass is 32.2. The van der Waals surface area contributed by atoms with Crippen molar-refractivity contribution in [2.24, 2.45) is 0 Å². The predicted molar refractivity (Wildman–Crippen MR) is 78.1 cm³/mol. The second-order valence-corrected chi connectivity index (χ2v) is 6.65. The molecule has 2 nitrogen and oxygen atoms in total. The van der Waals surface area contributed by atoms with Crippen LogP contribution in [-0.4, -0.2) is 16.3 Å². The highest BCUT2D eigenvalue weighted by Gasteiger charge is 2.36. The Balaban J connectivity index is 3.62. The number of benzene rings is 1. The van der Waals surface area contributed by atoms with Gasteiger partial charge in [0.25, 0.3) is 0 Å². The van der Waals surface area contributed by atoms with Gasteiger partial charge >= 0.3 is 12.1 Å². The van der Waals surface area contributed by atoms with E-state index in [0.29, 0.717) is 6.42 Å². The Morgan fingerprint density at radius 1 is 1.29 bits per heavy atom. The maximum absolute atomic E-state index is 13.2. The molecule has 0 aliphatic carbocycles. The van der Waals surface area contributed by atoms with Crippen molar-refractivity contribution in [3.63, 3.8) is 0 Å². The van der Waals surface area contributed by atoms with Gasteiger partial charge in [-0.25, -0.2) is 4.79 Å². The number of carboxylic acid groups (broad SMARTS) is 1. The van der Waals surface area contributed by atoms with E-state index < -0.39 is 17.7 Å². The molecule has 0 saturated carbocycles. The summed E-state index contributed by atoms with van der Waals surface area (Å²) in [5.41, 5.74) is -0.534. The molecule has 0 aliphatic heterocycles. The van der Waals surface area contributed by atoms with Crippen LogP contribution in [0, 0.1) is 0 Å². The Morgan fingerprint density at radius 2 is 1.86 bits per heavy atom. The molecule has 0 bridgehead atoms. The lowest BCUT2D eigenvalue weighted by atomic mass is 9.94. The van der Waals surface area contributed by atoms with Crippen LogP contribution < -0.4 is 0 Å². The molecule has 0 spiro atoms. The van der Waals surface area contributed by atoms with Gasteiger partial charge in [0.15, 0.2) is 0 Å². The van der Waals surface area contributed by atoms with Crippen LogP contribution >= 0.6 is 11.8 Å². The van der Waals surface area contributed by atoms with E-state index in [-0.39, 0.29) is 27.2 Å². The van der Waals surface area contributed by atoms with Gasteiger partial charge in [0, 0.05) is 10.1 Å². The number of aromatic carboxylic acids is 1. The summed E-state index contributed by atoms with van der Waals surface area (Å²) in [7, 11) is 0. The Bertz CT molecular complexity index is 524. The molecule has 118 valence electrons. The summed E-state index contributed by atoms with van der Waals surface area (Å²) in [6.07, 6.45) is -3.78. The molecule has 0 unspecified atom stereocenters. The number of hydrogen-bond acceptors (Lipinski definition) is 2. The highest BCUT2D eigenvalue weighted by Crippen LogP contribution is 2.43. The summed E-state index contributed by atoms with van der Waals surface area (Å²) in [6.45, 7) is 7.15. The summed E-state index contributed by atoms with van der Waals surface area (Å²) >= 11 is 1.10. The zero-order valence-corrected chi connectivity index (χ0v) is 13.2. The van der Waals surface area contributed by atoms with Gasteiger partial charge in [-0.15, -0.1) is 11.8 Å². The Morgan fingerprint density at radius 3 is 2.24 bits per heavy atom. The SMILES string of the molecule is CC[C@H](C)Sc1c(C(F)(F)F)ccc(C(=O)O)c1C(C)C.